The molecule has 2 N–H and O–H groups in total. The zero-order valence-corrected chi connectivity index (χ0v) is 9.26. The van der Waals surface area contributed by atoms with Gasteiger partial charge in [-0.1, -0.05) is 13.8 Å². The van der Waals surface area contributed by atoms with E-state index in [2.05, 4.69) is 19.2 Å². The van der Waals surface area contributed by atoms with Gasteiger partial charge in [0.25, 0.3) is 0 Å². The molecular weight excluding hydrogens is 182 g/mol. The zero-order chi connectivity index (χ0) is 11.0. The van der Waals surface area contributed by atoms with Crippen molar-refractivity contribution < 1.29 is 14.6 Å². The maximum atomic E-state index is 11.0. The van der Waals surface area contributed by atoms with Crippen molar-refractivity contribution in [3.05, 3.63) is 0 Å². The molecule has 0 spiro atoms. The fraction of sp³-hybridized carbons (Fsp3) is 0.900. The van der Waals surface area contributed by atoms with Crippen molar-refractivity contribution in [3.63, 3.8) is 0 Å². The standard InChI is InChI=1S/C10H19NO3/c1-9(2)7(11-8(13)6-12)5-10(9,3)14-4/h7,12H,5-6H2,1-4H3,(H,11,13). The molecule has 1 amide bonds. The smallest absolute Gasteiger partial charge is 0.245 e. The first kappa shape index (κ1) is 11.5. The largest absolute Gasteiger partial charge is 0.387 e. The number of hydrogen-bond donors (Lipinski definition) is 2. The van der Waals surface area contributed by atoms with E-state index in [1.165, 1.54) is 0 Å². The van der Waals surface area contributed by atoms with E-state index in [0.717, 1.165) is 6.42 Å². The Morgan fingerprint density at radius 2 is 2.14 bits per heavy atom. The van der Waals surface area contributed by atoms with Crippen LogP contribution in [0.5, 0.6) is 0 Å². The van der Waals surface area contributed by atoms with E-state index < -0.39 is 6.61 Å². The van der Waals surface area contributed by atoms with Crippen molar-refractivity contribution in [2.45, 2.75) is 38.8 Å². The summed E-state index contributed by atoms with van der Waals surface area (Å²) in [4.78, 5) is 11.0. The molecule has 1 saturated carbocycles. The van der Waals surface area contributed by atoms with Gasteiger partial charge in [0.15, 0.2) is 0 Å². The van der Waals surface area contributed by atoms with Gasteiger partial charge in [0.1, 0.15) is 6.61 Å². The summed E-state index contributed by atoms with van der Waals surface area (Å²) in [7, 11) is 1.69. The van der Waals surface area contributed by atoms with E-state index in [1.54, 1.807) is 7.11 Å². The minimum Gasteiger partial charge on any atom is -0.387 e. The molecule has 14 heavy (non-hydrogen) atoms. The Morgan fingerprint density at radius 3 is 2.50 bits per heavy atom. The van der Waals surface area contributed by atoms with Gasteiger partial charge in [-0.25, -0.2) is 0 Å². The van der Waals surface area contributed by atoms with Crippen LogP contribution in [0.3, 0.4) is 0 Å². The molecule has 1 aliphatic rings. The predicted octanol–water partition coefficient (Wildman–Crippen LogP) is 0.298. The first-order valence-corrected chi connectivity index (χ1v) is 4.83. The molecule has 1 fully saturated rings. The number of amides is 1. The molecular formula is C10H19NO3. The van der Waals surface area contributed by atoms with Crippen molar-refractivity contribution in [2.75, 3.05) is 13.7 Å². The Labute approximate surface area is 84.6 Å². The SMILES string of the molecule is COC1(C)CC(NC(=O)CO)C1(C)C. The third kappa shape index (κ3) is 1.53. The van der Waals surface area contributed by atoms with Crippen LogP contribution in [-0.4, -0.2) is 36.4 Å². The van der Waals surface area contributed by atoms with Crippen molar-refractivity contribution >= 4 is 5.91 Å². The van der Waals surface area contributed by atoms with Gasteiger partial charge in [0, 0.05) is 18.6 Å². The number of nitrogens with one attached hydrogen (secondary N) is 1. The molecule has 0 saturated heterocycles. The average Bonchev–Trinajstić information content (AvgIpc) is 2.16. The molecule has 0 aromatic carbocycles. The van der Waals surface area contributed by atoms with Crippen LogP contribution in [-0.2, 0) is 9.53 Å². The molecule has 1 aliphatic carbocycles. The van der Waals surface area contributed by atoms with E-state index in [1.807, 2.05) is 6.92 Å². The van der Waals surface area contributed by atoms with Crippen LogP contribution in [0.1, 0.15) is 27.2 Å². The first-order valence-electron chi connectivity index (χ1n) is 4.83. The van der Waals surface area contributed by atoms with Gasteiger partial charge in [-0.15, -0.1) is 0 Å². The van der Waals surface area contributed by atoms with Crippen molar-refractivity contribution in [1.29, 1.82) is 0 Å². The van der Waals surface area contributed by atoms with E-state index >= 15 is 0 Å². The molecule has 0 radical (unpaired) electrons. The molecule has 0 heterocycles. The number of aliphatic hydroxyl groups excluding tert-OH is 1. The van der Waals surface area contributed by atoms with Crippen LogP contribution in [0, 0.1) is 5.41 Å². The second kappa shape index (κ2) is 3.51. The molecule has 82 valence electrons. The monoisotopic (exact) mass is 201 g/mol. The number of rotatable bonds is 3. The summed E-state index contributed by atoms with van der Waals surface area (Å²) in [6.07, 6.45) is 0.794. The molecule has 0 aromatic heterocycles. The molecule has 0 aromatic rings. The highest BCUT2D eigenvalue weighted by Gasteiger charge is 2.58. The van der Waals surface area contributed by atoms with Crippen LogP contribution in [0.2, 0.25) is 0 Å². The number of aliphatic hydroxyl groups is 1. The third-order valence-corrected chi connectivity index (χ3v) is 3.76. The summed E-state index contributed by atoms with van der Waals surface area (Å²) >= 11 is 0. The van der Waals surface area contributed by atoms with Gasteiger partial charge in [-0.2, -0.15) is 0 Å². The number of carbonyl (C=O) groups is 1. The maximum Gasteiger partial charge on any atom is 0.245 e. The second-order valence-corrected chi connectivity index (χ2v) is 4.64. The van der Waals surface area contributed by atoms with E-state index in [9.17, 15) is 4.79 Å². The van der Waals surface area contributed by atoms with Crippen LogP contribution >= 0.6 is 0 Å². The molecule has 0 bridgehead atoms. The fourth-order valence-corrected chi connectivity index (χ4v) is 1.96. The van der Waals surface area contributed by atoms with Crippen LogP contribution in [0.25, 0.3) is 0 Å². The summed E-state index contributed by atoms with van der Waals surface area (Å²) in [5, 5.41) is 11.4. The van der Waals surface area contributed by atoms with Crippen LogP contribution in [0.4, 0.5) is 0 Å². The minimum absolute atomic E-state index is 0.0899. The van der Waals surface area contributed by atoms with Crippen molar-refractivity contribution in [3.8, 4) is 0 Å². The van der Waals surface area contributed by atoms with Crippen molar-refractivity contribution in [2.24, 2.45) is 5.41 Å². The van der Waals surface area contributed by atoms with E-state index in [0.29, 0.717) is 0 Å². The highest BCUT2D eigenvalue weighted by Crippen LogP contribution is 2.51. The third-order valence-electron chi connectivity index (χ3n) is 3.76. The summed E-state index contributed by atoms with van der Waals surface area (Å²) in [5.41, 5.74) is -0.271. The quantitative estimate of drug-likeness (QED) is 0.690. The number of carbonyl (C=O) groups excluding carboxylic acids is 1. The van der Waals surface area contributed by atoms with E-state index in [4.69, 9.17) is 9.84 Å². The predicted molar refractivity (Wildman–Crippen MR) is 52.8 cm³/mol. The Morgan fingerprint density at radius 1 is 1.57 bits per heavy atom. The van der Waals surface area contributed by atoms with Gasteiger partial charge in [-0.05, 0) is 13.3 Å². The highest BCUT2D eigenvalue weighted by molar-refractivity contribution is 5.77. The Bertz CT molecular complexity index is 240. The normalized spacial score (nSPS) is 34.8. The lowest BCUT2D eigenvalue weighted by atomic mass is 9.56. The lowest BCUT2D eigenvalue weighted by Gasteiger charge is -2.59. The van der Waals surface area contributed by atoms with Gasteiger partial charge in [-0.3, -0.25) is 4.79 Å². The van der Waals surface area contributed by atoms with Crippen LogP contribution in [0.15, 0.2) is 0 Å². The number of hydrogen-bond acceptors (Lipinski definition) is 3. The fourth-order valence-electron chi connectivity index (χ4n) is 1.96. The maximum absolute atomic E-state index is 11.0. The first-order chi connectivity index (χ1) is 6.37. The lowest BCUT2D eigenvalue weighted by Crippen LogP contribution is -2.68. The molecule has 0 aliphatic heterocycles. The molecule has 2 unspecified atom stereocenters. The average molecular weight is 201 g/mol. The van der Waals surface area contributed by atoms with Gasteiger partial charge < -0.3 is 15.2 Å². The summed E-state index contributed by atoms with van der Waals surface area (Å²) in [6.45, 7) is 5.70. The number of ether oxygens (including phenoxy) is 1. The molecule has 1 rings (SSSR count). The van der Waals surface area contributed by atoms with E-state index in [-0.39, 0.29) is 23.0 Å². The zero-order valence-electron chi connectivity index (χ0n) is 9.26. The molecule has 4 nitrogen and oxygen atoms in total. The van der Waals surface area contributed by atoms with Gasteiger partial charge in [0.05, 0.1) is 5.60 Å². The second-order valence-electron chi connectivity index (χ2n) is 4.64. The molecule has 4 heteroatoms. The summed E-state index contributed by atoms with van der Waals surface area (Å²) in [5.74, 6) is -0.318. The van der Waals surface area contributed by atoms with Gasteiger partial charge in [0.2, 0.25) is 5.91 Å². The topological polar surface area (TPSA) is 58.6 Å². The van der Waals surface area contributed by atoms with Crippen molar-refractivity contribution in [1.82, 2.24) is 5.32 Å². The number of methoxy groups -OCH3 is 1. The molecule has 2 atom stereocenters. The highest BCUT2D eigenvalue weighted by atomic mass is 16.5. The minimum atomic E-state index is -0.448. The lowest BCUT2D eigenvalue weighted by molar-refractivity contribution is -0.183. The summed E-state index contributed by atoms with van der Waals surface area (Å²) in [6, 6.07) is 0.0899. The Balaban J connectivity index is 2.59. The Kier molecular flexibility index (Phi) is 2.88. The van der Waals surface area contributed by atoms with Crippen LogP contribution < -0.4 is 5.32 Å². The Hall–Kier alpha value is -0.610. The summed E-state index contributed by atoms with van der Waals surface area (Å²) < 4.78 is 5.42. The van der Waals surface area contributed by atoms with Gasteiger partial charge >= 0.3 is 0 Å².